The molecular formula is C8H9NO4S. The van der Waals surface area contributed by atoms with Crippen LogP contribution in [0.5, 0.6) is 0 Å². The minimum Gasteiger partial charge on any atom is -0.478 e. The number of rotatable bonds is 3. The first kappa shape index (κ1) is 10.5. The average molecular weight is 215 g/mol. The minimum absolute atomic E-state index is 0.315. The summed E-state index contributed by atoms with van der Waals surface area (Å²) in [4.78, 5) is 10.2. The minimum atomic E-state index is -3.37. The van der Waals surface area contributed by atoms with Crippen LogP contribution in [0, 0.1) is 0 Å². The lowest BCUT2D eigenvalue weighted by Gasteiger charge is -2.01. The second kappa shape index (κ2) is 3.67. The summed E-state index contributed by atoms with van der Waals surface area (Å²) in [5.41, 5.74) is 0.315. The Kier molecular flexibility index (Phi) is 2.76. The maximum absolute atomic E-state index is 11.1. The lowest BCUT2D eigenvalue weighted by atomic mass is 10.4. The molecule has 1 heterocycles. The van der Waals surface area contributed by atoms with Crippen molar-refractivity contribution in [2.45, 2.75) is 0 Å². The standard InChI is InChI=1S/C8H9NO4S/c1-14(12,13)9-6-2-3-7(9)4-5-8(10)11/h2-6H,1H3,(H,10,11). The molecule has 0 radical (unpaired) electrons. The third-order valence-corrected chi connectivity index (χ3v) is 2.54. The highest BCUT2D eigenvalue weighted by Gasteiger charge is 2.07. The van der Waals surface area contributed by atoms with Crippen LogP contribution in [0.4, 0.5) is 0 Å². The normalized spacial score (nSPS) is 12.1. The largest absolute Gasteiger partial charge is 0.478 e. The van der Waals surface area contributed by atoms with Crippen molar-refractivity contribution in [3.8, 4) is 0 Å². The molecule has 76 valence electrons. The molecule has 0 spiro atoms. The van der Waals surface area contributed by atoms with Gasteiger partial charge < -0.3 is 5.11 Å². The molecular weight excluding hydrogens is 206 g/mol. The van der Waals surface area contributed by atoms with Crippen molar-refractivity contribution in [1.29, 1.82) is 0 Å². The van der Waals surface area contributed by atoms with Crippen LogP contribution in [0.15, 0.2) is 24.4 Å². The number of nitrogens with zero attached hydrogens (tertiary/aromatic N) is 1. The second-order valence-corrected chi connectivity index (χ2v) is 4.52. The third-order valence-electron chi connectivity index (χ3n) is 1.50. The number of carbonyl (C=O) groups is 1. The zero-order valence-electron chi connectivity index (χ0n) is 7.41. The molecule has 0 aliphatic carbocycles. The topological polar surface area (TPSA) is 76.4 Å². The van der Waals surface area contributed by atoms with Crippen LogP contribution >= 0.6 is 0 Å². The first-order valence-corrected chi connectivity index (χ1v) is 5.55. The smallest absolute Gasteiger partial charge is 0.328 e. The van der Waals surface area contributed by atoms with Gasteiger partial charge in [0.1, 0.15) is 0 Å². The van der Waals surface area contributed by atoms with Crippen LogP contribution in [-0.2, 0) is 14.8 Å². The van der Waals surface area contributed by atoms with Crippen molar-refractivity contribution < 1.29 is 18.3 Å². The highest BCUT2D eigenvalue weighted by Crippen LogP contribution is 2.07. The number of carboxylic acid groups (broad SMARTS) is 1. The van der Waals surface area contributed by atoms with Gasteiger partial charge in [-0.3, -0.25) is 0 Å². The number of aromatic nitrogens is 1. The zero-order chi connectivity index (χ0) is 10.8. The van der Waals surface area contributed by atoms with E-state index in [1.54, 1.807) is 0 Å². The van der Waals surface area contributed by atoms with Gasteiger partial charge in [0.25, 0.3) is 0 Å². The van der Waals surface area contributed by atoms with Gasteiger partial charge in [0, 0.05) is 12.3 Å². The molecule has 0 bridgehead atoms. The Hall–Kier alpha value is -1.56. The molecule has 0 aliphatic heterocycles. The molecule has 0 saturated carbocycles. The van der Waals surface area contributed by atoms with E-state index in [4.69, 9.17) is 5.11 Å². The van der Waals surface area contributed by atoms with Crippen LogP contribution < -0.4 is 0 Å². The van der Waals surface area contributed by atoms with Crippen molar-refractivity contribution in [2.24, 2.45) is 0 Å². The molecule has 0 atom stereocenters. The molecule has 1 aromatic rings. The number of hydrogen-bond donors (Lipinski definition) is 1. The Bertz CT molecular complexity index is 469. The maximum Gasteiger partial charge on any atom is 0.328 e. The van der Waals surface area contributed by atoms with Crippen molar-refractivity contribution >= 4 is 22.1 Å². The Morgan fingerprint density at radius 2 is 2.21 bits per heavy atom. The summed E-state index contributed by atoms with van der Waals surface area (Å²) < 4.78 is 23.3. The van der Waals surface area contributed by atoms with Crippen LogP contribution in [0.2, 0.25) is 0 Å². The summed E-state index contributed by atoms with van der Waals surface area (Å²) in [5.74, 6) is -1.12. The van der Waals surface area contributed by atoms with Crippen molar-refractivity contribution in [2.75, 3.05) is 6.26 Å². The van der Waals surface area contributed by atoms with Gasteiger partial charge in [-0.05, 0) is 18.2 Å². The number of carboxylic acids is 1. The Balaban J connectivity index is 3.12. The van der Waals surface area contributed by atoms with Gasteiger partial charge in [-0.2, -0.15) is 0 Å². The Labute approximate surface area is 81.3 Å². The average Bonchev–Trinajstić information content (AvgIpc) is 2.46. The summed E-state index contributed by atoms with van der Waals surface area (Å²) in [7, 11) is -3.37. The number of aliphatic carboxylic acids is 1. The fourth-order valence-corrected chi connectivity index (χ4v) is 1.76. The fraction of sp³-hybridized carbons (Fsp3) is 0.125. The lowest BCUT2D eigenvalue weighted by molar-refractivity contribution is -0.131. The maximum atomic E-state index is 11.1. The van der Waals surface area contributed by atoms with Gasteiger partial charge in [-0.25, -0.2) is 17.2 Å². The van der Waals surface area contributed by atoms with E-state index in [-0.39, 0.29) is 0 Å². The van der Waals surface area contributed by atoms with Gasteiger partial charge in [0.2, 0.25) is 10.0 Å². The van der Waals surface area contributed by atoms with Crippen molar-refractivity contribution in [3.63, 3.8) is 0 Å². The fourth-order valence-electron chi connectivity index (χ4n) is 0.967. The van der Waals surface area contributed by atoms with Gasteiger partial charge in [0.05, 0.1) is 11.9 Å². The summed E-state index contributed by atoms with van der Waals surface area (Å²) in [6.07, 6.45) is 4.52. The Morgan fingerprint density at radius 1 is 1.57 bits per heavy atom. The molecule has 5 nitrogen and oxygen atoms in total. The molecule has 0 fully saturated rings. The SMILES string of the molecule is CS(=O)(=O)n1cccc1C=CC(=O)O. The highest BCUT2D eigenvalue weighted by atomic mass is 32.2. The van der Waals surface area contributed by atoms with Crippen LogP contribution in [-0.4, -0.2) is 29.7 Å². The first-order valence-electron chi connectivity index (χ1n) is 3.70. The molecule has 0 aliphatic rings. The van der Waals surface area contributed by atoms with E-state index < -0.39 is 16.0 Å². The van der Waals surface area contributed by atoms with Gasteiger partial charge in [0.15, 0.2) is 0 Å². The predicted octanol–water partition coefficient (Wildman–Crippen LogP) is 0.394. The van der Waals surface area contributed by atoms with E-state index in [0.717, 1.165) is 16.3 Å². The molecule has 0 aromatic carbocycles. The monoisotopic (exact) mass is 215 g/mol. The molecule has 0 unspecified atom stereocenters. The predicted molar refractivity (Wildman–Crippen MR) is 51.3 cm³/mol. The molecule has 1 N–H and O–H groups in total. The molecule has 0 amide bonds. The van der Waals surface area contributed by atoms with Crippen molar-refractivity contribution in [1.82, 2.24) is 3.97 Å². The van der Waals surface area contributed by atoms with Gasteiger partial charge >= 0.3 is 5.97 Å². The molecule has 1 aromatic heterocycles. The van der Waals surface area contributed by atoms with Crippen LogP contribution in [0.1, 0.15) is 5.69 Å². The van der Waals surface area contributed by atoms with E-state index in [9.17, 15) is 13.2 Å². The third kappa shape index (κ3) is 2.46. The van der Waals surface area contributed by atoms with Gasteiger partial charge in [-0.1, -0.05) is 0 Å². The van der Waals surface area contributed by atoms with E-state index in [0.29, 0.717) is 5.69 Å². The number of hydrogen-bond acceptors (Lipinski definition) is 3. The Morgan fingerprint density at radius 3 is 2.71 bits per heavy atom. The van der Waals surface area contributed by atoms with E-state index in [2.05, 4.69) is 0 Å². The van der Waals surface area contributed by atoms with Crippen molar-refractivity contribution in [3.05, 3.63) is 30.1 Å². The van der Waals surface area contributed by atoms with E-state index >= 15 is 0 Å². The summed E-state index contributed by atoms with van der Waals surface area (Å²) in [6.45, 7) is 0. The summed E-state index contributed by atoms with van der Waals surface area (Å²) >= 11 is 0. The lowest BCUT2D eigenvalue weighted by Crippen LogP contribution is -2.10. The summed E-state index contributed by atoms with van der Waals surface area (Å²) in [5, 5.41) is 8.36. The van der Waals surface area contributed by atoms with Crippen LogP contribution in [0.25, 0.3) is 6.08 Å². The van der Waals surface area contributed by atoms with E-state index in [1.165, 1.54) is 24.4 Å². The first-order chi connectivity index (χ1) is 6.41. The summed E-state index contributed by atoms with van der Waals surface area (Å²) in [6, 6.07) is 3.04. The molecule has 0 saturated heterocycles. The quantitative estimate of drug-likeness (QED) is 0.740. The van der Waals surface area contributed by atoms with E-state index in [1.807, 2.05) is 0 Å². The van der Waals surface area contributed by atoms with Gasteiger partial charge in [-0.15, -0.1) is 0 Å². The highest BCUT2D eigenvalue weighted by molar-refractivity contribution is 7.89. The zero-order valence-corrected chi connectivity index (χ0v) is 8.23. The molecule has 1 rings (SSSR count). The second-order valence-electron chi connectivity index (χ2n) is 2.66. The molecule has 14 heavy (non-hydrogen) atoms. The van der Waals surface area contributed by atoms with Crippen LogP contribution in [0.3, 0.4) is 0 Å². The molecule has 6 heteroatoms.